The molecule has 3 nitrogen and oxygen atoms in total. The van der Waals surface area contributed by atoms with Gasteiger partial charge in [0.1, 0.15) is 5.75 Å². The number of rotatable bonds is 3. The van der Waals surface area contributed by atoms with Gasteiger partial charge in [-0.25, -0.2) is 0 Å². The lowest BCUT2D eigenvalue weighted by Gasteiger charge is -2.26. The smallest absolute Gasteiger partial charge is 0.419 e. The van der Waals surface area contributed by atoms with Crippen LogP contribution in [0, 0.1) is 5.92 Å². The van der Waals surface area contributed by atoms with Gasteiger partial charge in [-0.1, -0.05) is 0 Å². The molecule has 0 saturated carbocycles. The third-order valence-corrected chi connectivity index (χ3v) is 6.89. The highest BCUT2D eigenvalue weighted by Crippen LogP contribution is 2.41. The van der Waals surface area contributed by atoms with Gasteiger partial charge in [0.05, 0.1) is 12.7 Å². The van der Waals surface area contributed by atoms with E-state index in [2.05, 4.69) is 0 Å². The molecular weight excluding hydrogens is 329 g/mol. The summed E-state index contributed by atoms with van der Waals surface area (Å²) < 4.78 is 56.0. The van der Waals surface area contributed by atoms with Crippen molar-refractivity contribution < 1.29 is 26.9 Å². The van der Waals surface area contributed by atoms with Crippen LogP contribution in [0.15, 0.2) is 18.2 Å². The Morgan fingerprint density at radius 3 is 2.35 bits per heavy atom. The number of carbonyl (C=O) groups excluding carboxylic acids is 1. The minimum atomic E-state index is -4.57. The first-order valence-corrected chi connectivity index (χ1v) is 8.77. The average molecular weight is 346 g/mol. The van der Waals surface area contributed by atoms with Crippen LogP contribution in [0.1, 0.15) is 41.6 Å². The summed E-state index contributed by atoms with van der Waals surface area (Å²) in [7, 11) is 0.279. The highest BCUT2D eigenvalue weighted by molar-refractivity contribution is 7.86. The van der Waals surface area contributed by atoms with Crippen molar-refractivity contribution >= 4 is 16.6 Å². The Morgan fingerprint density at radius 1 is 1.22 bits per heavy atom. The monoisotopic (exact) mass is 346 g/mol. The lowest BCUT2D eigenvalue weighted by molar-refractivity contribution is -0.138. The van der Waals surface area contributed by atoms with E-state index in [9.17, 15) is 22.2 Å². The molecule has 0 aromatic heterocycles. The molecule has 0 N–H and O–H groups in total. The van der Waals surface area contributed by atoms with E-state index in [0.717, 1.165) is 18.9 Å². The van der Waals surface area contributed by atoms with Crippen LogP contribution in [0.25, 0.3) is 0 Å². The van der Waals surface area contributed by atoms with Crippen molar-refractivity contribution in [3.8, 4) is 5.75 Å². The molecule has 0 amide bonds. The Hall–Kier alpha value is -1.37. The van der Waals surface area contributed by atoms with E-state index in [-0.39, 0.29) is 33.5 Å². The SMILES string of the molecule is COc1ccc(C(=O)C2CC3CCC(C2)S3=O)cc1C(F)(F)F. The first-order valence-electron chi connectivity index (χ1n) is 7.50. The number of Topliss-reactive ketones (excluding diaryl/α,β-unsaturated/α-hetero) is 1. The van der Waals surface area contributed by atoms with Crippen LogP contribution >= 0.6 is 0 Å². The highest BCUT2D eigenvalue weighted by Gasteiger charge is 2.43. The normalized spacial score (nSPS) is 30.3. The maximum Gasteiger partial charge on any atom is 0.419 e. The van der Waals surface area contributed by atoms with E-state index in [1.54, 1.807) is 0 Å². The highest BCUT2D eigenvalue weighted by atomic mass is 32.2. The molecule has 2 aliphatic heterocycles. The molecule has 7 heteroatoms. The fraction of sp³-hybridized carbons (Fsp3) is 0.562. The van der Waals surface area contributed by atoms with E-state index in [1.165, 1.54) is 19.2 Å². The maximum atomic E-state index is 13.1. The van der Waals surface area contributed by atoms with Crippen LogP contribution in [-0.2, 0) is 17.0 Å². The third-order valence-electron chi connectivity index (χ3n) is 4.72. The molecule has 2 unspecified atom stereocenters. The van der Waals surface area contributed by atoms with Crippen LogP contribution < -0.4 is 4.74 Å². The number of hydrogen-bond acceptors (Lipinski definition) is 3. The number of fused-ring (bicyclic) bond motifs is 2. The number of methoxy groups -OCH3 is 1. The van der Waals surface area contributed by atoms with Gasteiger partial charge in [0, 0.05) is 32.8 Å². The first-order chi connectivity index (χ1) is 10.8. The Morgan fingerprint density at radius 2 is 1.83 bits per heavy atom. The van der Waals surface area contributed by atoms with Crippen molar-refractivity contribution in [3.05, 3.63) is 29.3 Å². The molecule has 3 rings (SSSR count). The first kappa shape index (κ1) is 16.5. The summed E-state index contributed by atoms with van der Waals surface area (Å²) >= 11 is 0. The Bertz CT molecular complexity index is 640. The Balaban J connectivity index is 1.87. The topological polar surface area (TPSA) is 43.4 Å². The van der Waals surface area contributed by atoms with E-state index in [4.69, 9.17) is 4.74 Å². The molecule has 126 valence electrons. The lowest BCUT2D eigenvalue weighted by Crippen LogP contribution is -2.32. The minimum absolute atomic E-state index is 0.0167. The summed E-state index contributed by atoms with van der Waals surface area (Å²) in [6.45, 7) is 0. The zero-order chi connectivity index (χ0) is 16.8. The molecule has 0 aliphatic carbocycles. The minimum Gasteiger partial charge on any atom is -0.496 e. The van der Waals surface area contributed by atoms with Gasteiger partial charge in [-0.3, -0.25) is 9.00 Å². The molecular formula is C16H17F3O3S. The third kappa shape index (κ3) is 3.03. The number of carbonyl (C=O) groups is 1. The molecule has 2 fully saturated rings. The summed E-state index contributed by atoms with van der Waals surface area (Å²) in [5.41, 5.74) is -0.886. The summed E-state index contributed by atoms with van der Waals surface area (Å²) in [6.07, 6.45) is -1.87. The van der Waals surface area contributed by atoms with Crippen molar-refractivity contribution in [2.45, 2.75) is 42.4 Å². The summed E-state index contributed by atoms with van der Waals surface area (Å²) in [6, 6.07) is 3.43. The van der Waals surface area contributed by atoms with Gasteiger partial charge in [-0.2, -0.15) is 13.2 Å². The second kappa shape index (κ2) is 5.92. The number of alkyl halides is 3. The van der Waals surface area contributed by atoms with Crippen LogP contribution in [-0.4, -0.2) is 27.6 Å². The predicted octanol–water partition coefficient (Wildman–Crippen LogP) is 3.59. The average Bonchev–Trinajstić information content (AvgIpc) is 2.74. The summed E-state index contributed by atoms with van der Waals surface area (Å²) in [5.74, 6) is -0.912. The van der Waals surface area contributed by atoms with Gasteiger partial charge >= 0.3 is 6.18 Å². The fourth-order valence-corrected chi connectivity index (χ4v) is 5.69. The number of hydrogen-bond donors (Lipinski definition) is 0. The van der Waals surface area contributed by atoms with E-state index >= 15 is 0 Å². The summed E-state index contributed by atoms with van der Waals surface area (Å²) in [4.78, 5) is 12.6. The number of ether oxygens (including phenoxy) is 1. The molecule has 2 aliphatic rings. The van der Waals surface area contributed by atoms with Crippen molar-refractivity contribution in [3.63, 3.8) is 0 Å². The van der Waals surface area contributed by atoms with E-state index in [1.807, 2.05) is 0 Å². The Kier molecular flexibility index (Phi) is 4.25. The standard InChI is InChI=1S/C16H17F3O3S/c1-22-14-5-2-9(8-13(14)16(17,18)19)15(20)10-6-11-3-4-12(7-10)23(11)21/h2,5,8,10-12H,3-4,6-7H2,1H3. The summed E-state index contributed by atoms with van der Waals surface area (Å²) in [5, 5.41) is 0.0334. The second-order valence-corrected chi connectivity index (χ2v) is 8.09. The lowest BCUT2D eigenvalue weighted by atomic mass is 9.89. The zero-order valence-electron chi connectivity index (χ0n) is 12.6. The number of benzene rings is 1. The molecule has 2 atom stereocenters. The van der Waals surface area contributed by atoms with Crippen molar-refractivity contribution in [1.82, 2.24) is 0 Å². The van der Waals surface area contributed by atoms with Gasteiger partial charge in [-0.05, 0) is 43.9 Å². The van der Waals surface area contributed by atoms with Gasteiger partial charge in [0.25, 0.3) is 0 Å². The van der Waals surface area contributed by atoms with E-state index < -0.39 is 22.5 Å². The largest absolute Gasteiger partial charge is 0.496 e. The van der Waals surface area contributed by atoms with Crippen molar-refractivity contribution in [1.29, 1.82) is 0 Å². The van der Waals surface area contributed by atoms with Gasteiger partial charge in [0.15, 0.2) is 5.78 Å². The van der Waals surface area contributed by atoms with Gasteiger partial charge in [-0.15, -0.1) is 0 Å². The maximum absolute atomic E-state index is 13.1. The van der Waals surface area contributed by atoms with Crippen LogP contribution in [0.4, 0.5) is 13.2 Å². The quantitative estimate of drug-likeness (QED) is 0.786. The van der Waals surface area contributed by atoms with E-state index in [0.29, 0.717) is 12.8 Å². The molecule has 0 radical (unpaired) electrons. The zero-order valence-corrected chi connectivity index (χ0v) is 13.4. The molecule has 2 heterocycles. The molecule has 2 saturated heterocycles. The Labute approximate surface area is 134 Å². The second-order valence-electron chi connectivity index (χ2n) is 6.10. The van der Waals surface area contributed by atoms with Crippen LogP contribution in [0.2, 0.25) is 0 Å². The number of ketones is 1. The fourth-order valence-electron chi connectivity index (χ4n) is 3.57. The molecule has 23 heavy (non-hydrogen) atoms. The molecule has 1 aromatic rings. The molecule has 1 aromatic carbocycles. The molecule has 0 spiro atoms. The van der Waals surface area contributed by atoms with Gasteiger partial charge in [0.2, 0.25) is 0 Å². The molecule has 2 bridgehead atoms. The van der Waals surface area contributed by atoms with Crippen LogP contribution in [0.3, 0.4) is 0 Å². The van der Waals surface area contributed by atoms with Crippen LogP contribution in [0.5, 0.6) is 5.75 Å². The van der Waals surface area contributed by atoms with Crippen molar-refractivity contribution in [2.75, 3.05) is 7.11 Å². The van der Waals surface area contributed by atoms with Crippen molar-refractivity contribution in [2.24, 2.45) is 5.92 Å². The number of halogens is 3. The predicted molar refractivity (Wildman–Crippen MR) is 80.0 cm³/mol. The van der Waals surface area contributed by atoms with Gasteiger partial charge < -0.3 is 4.74 Å².